The number of unbranched alkanes of at least 4 members (excludes halogenated alkanes) is 1. The van der Waals surface area contributed by atoms with Crippen LogP contribution in [0.3, 0.4) is 0 Å². The standard InChI is InChI=1S/C19H34N4O2/c1-6-8-12-22(19(25)20-7-2)15-18(24)23(13-16(3)4)14-17-10-9-11-21(17)5/h9-11,16H,6-8,12-15H2,1-5H3,(H,20,25). The molecule has 142 valence electrons. The molecule has 0 bridgehead atoms. The third-order valence-corrected chi connectivity index (χ3v) is 4.07. The Labute approximate surface area is 152 Å². The quantitative estimate of drug-likeness (QED) is 0.705. The van der Waals surface area contributed by atoms with Gasteiger partial charge in [-0.2, -0.15) is 0 Å². The number of carbonyl (C=O) groups is 2. The van der Waals surface area contributed by atoms with Crippen LogP contribution >= 0.6 is 0 Å². The van der Waals surface area contributed by atoms with E-state index in [9.17, 15) is 9.59 Å². The van der Waals surface area contributed by atoms with Crippen molar-refractivity contribution < 1.29 is 9.59 Å². The Hall–Kier alpha value is -1.98. The van der Waals surface area contributed by atoms with Gasteiger partial charge in [0.15, 0.2) is 0 Å². The van der Waals surface area contributed by atoms with Crippen molar-refractivity contribution in [3.05, 3.63) is 24.0 Å². The van der Waals surface area contributed by atoms with Crippen LogP contribution in [0.25, 0.3) is 0 Å². The lowest BCUT2D eigenvalue weighted by Crippen LogP contribution is -2.47. The molecule has 1 rings (SSSR count). The molecule has 0 spiro atoms. The minimum absolute atomic E-state index is 0.00254. The molecule has 0 radical (unpaired) electrons. The zero-order valence-electron chi connectivity index (χ0n) is 16.4. The van der Waals surface area contributed by atoms with Crippen LogP contribution < -0.4 is 5.32 Å². The highest BCUT2D eigenvalue weighted by Crippen LogP contribution is 2.09. The summed E-state index contributed by atoms with van der Waals surface area (Å²) in [5.74, 6) is 0.370. The summed E-state index contributed by atoms with van der Waals surface area (Å²) in [6, 6.07) is 3.85. The van der Waals surface area contributed by atoms with Crippen molar-refractivity contribution in [1.29, 1.82) is 0 Å². The summed E-state index contributed by atoms with van der Waals surface area (Å²) in [6.07, 6.45) is 3.87. The number of hydrogen-bond acceptors (Lipinski definition) is 2. The zero-order chi connectivity index (χ0) is 18.8. The predicted molar refractivity (Wildman–Crippen MR) is 101 cm³/mol. The fourth-order valence-corrected chi connectivity index (χ4v) is 2.68. The highest BCUT2D eigenvalue weighted by molar-refractivity contribution is 5.84. The van der Waals surface area contributed by atoms with Crippen molar-refractivity contribution in [3.8, 4) is 0 Å². The van der Waals surface area contributed by atoms with Crippen molar-refractivity contribution >= 4 is 11.9 Å². The second kappa shape index (κ2) is 10.8. The molecule has 0 unspecified atom stereocenters. The van der Waals surface area contributed by atoms with Crippen LogP contribution in [-0.2, 0) is 18.4 Å². The molecule has 3 amide bonds. The van der Waals surface area contributed by atoms with Crippen LogP contribution in [0, 0.1) is 5.92 Å². The van der Waals surface area contributed by atoms with E-state index in [0.29, 0.717) is 32.1 Å². The maximum Gasteiger partial charge on any atom is 0.317 e. The van der Waals surface area contributed by atoms with E-state index in [1.807, 2.05) is 41.8 Å². The Kier molecular flexibility index (Phi) is 9.10. The molecule has 0 atom stereocenters. The average Bonchev–Trinajstić information content (AvgIpc) is 2.95. The first-order valence-electron chi connectivity index (χ1n) is 9.29. The van der Waals surface area contributed by atoms with Gasteiger partial charge in [0.2, 0.25) is 5.91 Å². The number of urea groups is 1. The third kappa shape index (κ3) is 7.20. The maximum atomic E-state index is 12.9. The first-order chi connectivity index (χ1) is 11.9. The SMILES string of the molecule is CCCCN(CC(=O)N(Cc1cccn1C)CC(C)C)C(=O)NCC. The zero-order valence-corrected chi connectivity index (χ0v) is 16.4. The van der Waals surface area contributed by atoms with Gasteiger partial charge in [-0.1, -0.05) is 27.2 Å². The predicted octanol–water partition coefficient (Wildman–Crippen LogP) is 2.84. The summed E-state index contributed by atoms with van der Waals surface area (Å²) in [4.78, 5) is 28.6. The van der Waals surface area contributed by atoms with Crippen LogP contribution in [0.4, 0.5) is 4.79 Å². The molecule has 0 saturated heterocycles. The summed E-state index contributed by atoms with van der Waals surface area (Å²) in [5.41, 5.74) is 1.09. The number of carbonyl (C=O) groups excluding carboxylic acids is 2. The van der Waals surface area contributed by atoms with Crippen molar-refractivity contribution in [2.24, 2.45) is 13.0 Å². The van der Waals surface area contributed by atoms with Gasteiger partial charge in [0.25, 0.3) is 0 Å². The highest BCUT2D eigenvalue weighted by atomic mass is 16.2. The van der Waals surface area contributed by atoms with Gasteiger partial charge >= 0.3 is 6.03 Å². The van der Waals surface area contributed by atoms with Crippen LogP contribution in [0.5, 0.6) is 0 Å². The largest absolute Gasteiger partial charge is 0.353 e. The first kappa shape index (κ1) is 21.1. The minimum Gasteiger partial charge on any atom is -0.353 e. The molecule has 6 heteroatoms. The highest BCUT2D eigenvalue weighted by Gasteiger charge is 2.22. The molecule has 1 N–H and O–H groups in total. The van der Waals surface area contributed by atoms with Gasteiger partial charge in [-0.25, -0.2) is 4.79 Å². The molecule has 1 aromatic rings. The summed E-state index contributed by atoms with van der Waals surface area (Å²) in [6.45, 7) is 10.7. The maximum absolute atomic E-state index is 12.9. The summed E-state index contributed by atoms with van der Waals surface area (Å²) < 4.78 is 2.03. The van der Waals surface area contributed by atoms with E-state index < -0.39 is 0 Å². The molecule has 1 aromatic heterocycles. The molecule has 6 nitrogen and oxygen atoms in total. The van der Waals surface area contributed by atoms with Crippen LogP contribution in [0.15, 0.2) is 18.3 Å². The van der Waals surface area contributed by atoms with E-state index in [1.54, 1.807) is 4.90 Å². The molecular weight excluding hydrogens is 316 g/mol. The fourth-order valence-electron chi connectivity index (χ4n) is 2.68. The van der Waals surface area contributed by atoms with Crippen molar-refractivity contribution in [2.75, 3.05) is 26.2 Å². The summed E-state index contributed by atoms with van der Waals surface area (Å²) in [7, 11) is 1.98. The average molecular weight is 351 g/mol. The monoisotopic (exact) mass is 350 g/mol. The van der Waals surface area contributed by atoms with E-state index in [1.165, 1.54) is 0 Å². The number of nitrogens with zero attached hydrogens (tertiary/aromatic N) is 3. The normalized spacial score (nSPS) is 10.8. The second-order valence-electron chi connectivity index (χ2n) is 6.89. The number of aryl methyl sites for hydroxylation is 1. The topological polar surface area (TPSA) is 57.6 Å². The van der Waals surface area contributed by atoms with E-state index in [0.717, 1.165) is 18.5 Å². The van der Waals surface area contributed by atoms with E-state index in [4.69, 9.17) is 0 Å². The van der Waals surface area contributed by atoms with Gasteiger partial charge in [0.05, 0.1) is 6.54 Å². The van der Waals surface area contributed by atoms with Gasteiger partial charge in [0, 0.05) is 38.6 Å². The third-order valence-electron chi connectivity index (χ3n) is 4.07. The van der Waals surface area contributed by atoms with Crippen LogP contribution in [-0.4, -0.2) is 52.5 Å². The Morgan fingerprint density at radius 3 is 2.48 bits per heavy atom. The van der Waals surface area contributed by atoms with Crippen molar-refractivity contribution in [3.63, 3.8) is 0 Å². The summed E-state index contributed by atoms with van der Waals surface area (Å²) >= 11 is 0. The first-order valence-corrected chi connectivity index (χ1v) is 9.29. The Balaban J connectivity index is 2.82. The lowest BCUT2D eigenvalue weighted by atomic mass is 10.2. The molecule has 25 heavy (non-hydrogen) atoms. The Morgan fingerprint density at radius 1 is 1.24 bits per heavy atom. The molecule has 0 saturated carbocycles. The number of rotatable bonds is 10. The van der Waals surface area contributed by atoms with Gasteiger partial charge < -0.3 is 19.7 Å². The Bertz CT molecular complexity index is 539. The van der Waals surface area contributed by atoms with Crippen LogP contribution in [0.2, 0.25) is 0 Å². The number of nitrogens with one attached hydrogen (secondary N) is 1. The molecule has 0 aliphatic carbocycles. The fraction of sp³-hybridized carbons (Fsp3) is 0.684. The van der Waals surface area contributed by atoms with E-state index in [-0.39, 0.29) is 18.5 Å². The van der Waals surface area contributed by atoms with Gasteiger partial charge in [-0.3, -0.25) is 4.79 Å². The minimum atomic E-state index is -0.160. The lowest BCUT2D eigenvalue weighted by Gasteiger charge is -2.29. The number of hydrogen-bond donors (Lipinski definition) is 1. The number of amides is 3. The van der Waals surface area contributed by atoms with Crippen molar-refractivity contribution in [2.45, 2.75) is 47.1 Å². The molecule has 0 aliphatic rings. The van der Waals surface area contributed by atoms with Crippen molar-refractivity contribution in [1.82, 2.24) is 19.7 Å². The lowest BCUT2D eigenvalue weighted by molar-refractivity contribution is -0.133. The smallest absolute Gasteiger partial charge is 0.317 e. The Morgan fingerprint density at radius 2 is 1.96 bits per heavy atom. The van der Waals surface area contributed by atoms with Gasteiger partial charge in [-0.15, -0.1) is 0 Å². The van der Waals surface area contributed by atoms with E-state index >= 15 is 0 Å². The molecule has 1 heterocycles. The second-order valence-corrected chi connectivity index (χ2v) is 6.89. The number of aromatic nitrogens is 1. The van der Waals surface area contributed by atoms with Gasteiger partial charge in [-0.05, 0) is 31.4 Å². The summed E-state index contributed by atoms with van der Waals surface area (Å²) in [5, 5.41) is 2.81. The van der Waals surface area contributed by atoms with Crippen LogP contribution in [0.1, 0.15) is 46.2 Å². The molecule has 0 aliphatic heterocycles. The molecular formula is C19H34N4O2. The van der Waals surface area contributed by atoms with E-state index in [2.05, 4.69) is 26.1 Å². The molecule has 0 aromatic carbocycles. The molecule has 0 fully saturated rings. The van der Waals surface area contributed by atoms with Gasteiger partial charge in [0.1, 0.15) is 6.54 Å².